The van der Waals surface area contributed by atoms with Crippen molar-refractivity contribution in [2.75, 3.05) is 13.1 Å². The monoisotopic (exact) mass is 260 g/mol. The van der Waals surface area contributed by atoms with Crippen molar-refractivity contribution < 1.29 is 9.90 Å². The van der Waals surface area contributed by atoms with Gasteiger partial charge in [0.2, 0.25) is 0 Å². The molecule has 1 aromatic rings. The van der Waals surface area contributed by atoms with Crippen LogP contribution in [-0.4, -0.2) is 29.1 Å². The van der Waals surface area contributed by atoms with Crippen LogP contribution >= 0.6 is 0 Å². The molecule has 4 heteroatoms. The maximum Gasteiger partial charge on any atom is 0.307 e. The summed E-state index contributed by atoms with van der Waals surface area (Å²) in [6.45, 7) is 6.17. The zero-order chi connectivity index (χ0) is 14.3. The number of carboxylic acids is 1. The van der Waals surface area contributed by atoms with Crippen molar-refractivity contribution in [1.29, 1.82) is 5.26 Å². The molecule has 0 aromatic heterocycles. The van der Waals surface area contributed by atoms with Gasteiger partial charge in [-0.05, 0) is 24.6 Å². The lowest BCUT2D eigenvalue weighted by Crippen LogP contribution is -2.28. The molecule has 4 nitrogen and oxygen atoms in total. The van der Waals surface area contributed by atoms with E-state index in [4.69, 9.17) is 10.4 Å². The van der Waals surface area contributed by atoms with E-state index in [2.05, 4.69) is 11.0 Å². The Morgan fingerprint density at radius 3 is 2.58 bits per heavy atom. The van der Waals surface area contributed by atoms with Crippen LogP contribution in [0.5, 0.6) is 0 Å². The fourth-order valence-electron chi connectivity index (χ4n) is 2.02. The van der Waals surface area contributed by atoms with Gasteiger partial charge in [-0.1, -0.05) is 31.2 Å². The lowest BCUT2D eigenvalue weighted by molar-refractivity contribution is -0.136. The Hall–Kier alpha value is -1.86. The number of benzene rings is 1. The maximum atomic E-state index is 10.8. The molecule has 0 amide bonds. The van der Waals surface area contributed by atoms with E-state index < -0.39 is 5.97 Å². The molecule has 0 radical (unpaired) electrons. The predicted molar refractivity (Wildman–Crippen MR) is 73.5 cm³/mol. The summed E-state index contributed by atoms with van der Waals surface area (Å²) in [5, 5.41) is 17.8. The minimum atomic E-state index is -0.819. The van der Waals surface area contributed by atoms with Crippen LogP contribution in [0, 0.1) is 17.2 Å². The molecule has 19 heavy (non-hydrogen) atoms. The van der Waals surface area contributed by atoms with E-state index in [0.29, 0.717) is 13.1 Å². The first-order valence-corrected chi connectivity index (χ1v) is 6.47. The molecule has 0 aliphatic rings. The first-order chi connectivity index (χ1) is 9.06. The molecule has 0 aliphatic carbocycles. The van der Waals surface area contributed by atoms with Crippen LogP contribution in [0.3, 0.4) is 0 Å². The Morgan fingerprint density at radius 2 is 2.05 bits per heavy atom. The van der Waals surface area contributed by atoms with E-state index in [0.717, 1.165) is 17.7 Å². The van der Waals surface area contributed by atoms with Crippen LogP contribution in [-0.2, 0) is 17.8 Å². The molecule has 0 spiro atoms. The van der Waals surface area contributed by atoms with Gasteiger partial charge in [0.15, 0.2) is 0 Å². The van der Waals surface area contributed by atoms with Gasteiger partial charge in [-0.15, -0.1) is 0 Å². The standard InChI is InChI=1S/C15H20N2O2/c1-3-17(10-12(2)9-16)11-14-7-5-4-6-13(14)8-15(18)19/h4-7,12H,3,8,10-11H2,1-2H3,(H,18,19). The minimum Gasteiger partial charge on any atom is -0.481 e. The third kappa shape index (κ3) is 5.11. The van der Waals surface area contributed by atoms with Crippen LogP contribution in [0.25, 0.3) is 0 Å². The van der Waals surface area contributed by atoms with Crippen LogP contribution in [0.15, 0.2) is 24.3 Å². The number of aliphatic carboxylic acids is 1. The van der Waals surface area contributed by atoms with E-state index in [-0.39, 0.29) is 12.3 Å². The second kappa shape index (κ2) is 7.55. The van der Waals surface area contributed by atoms with Crippen molar-refractivity contribution in [3.63, 3.8) is 0 Å². The van der Waals surface area contributed by atoms with Crippen LogP contribution in [0.4, 0.5) is 0 Å². The van der Waals surface area contributed by atoms with Crippen LogP contribution in [0.2, 0.25) is 0 Å². The van der Waals surface area contributed by atoms with Crippen molar-refractivity contribution >= 4 is 5.97 Å². The predicted octanol–water partition coefficient (Wildman–Crippen LogP) is 2.30. The zero-order valence-corrected chi connectivity index (χ0v) is 11.5. The average molecular weight is 260 g/mol. The van der Waals surface area contributed by atoms with E-state index in [1.165, 1.54) is 0 Å². The Labute approximate surface area is 114 Å². The van der Waals surface area contributed by atoms with Crippen LogP contribution in [0.1, 0.15) is 25.0 Å². The van der Waals surface area contributed by atoms with Gasteiger partial charge in [0.25, 0.3) is 0 Å². The molecule has 0 fully saturated rings. The van der Waals surface area contributed by atoms with Crippen molar-refractivity contribution in [2.24, 2.45) is 5.92 Å². The van der Waals surface area contributed by atoms with Gasteiger partial charge in [0, 0.05) is 13.1 Å². The van der Waals surface area contributed by atoms with E-state index >= 15 is 0 Å². The zero-order valence-electron chi connectivity index (χ0n) is 11.5. The number of hydrogen-bond acceptors (Lipinski definition) is 3. The Kier molecular flexibility index (Phi) is 6.04. The Balaban J connectivity index is 2.79. The summed E-state index contributed by atoms with van der Waals surface area (Å²) in [7, 11) is 0. The molecule has 0 bridgehead atoms. The number of carboxylic acid groups (broad SMARTS) is 1. The number of carbonyl (C=O) groups is 1. The second-order valence-corrected chi connectivity index (χ2v) is 4.70. The first-order valence-electron chi connectivity index (χ1n) is 6.47. The van der Waals surface area contributed by atoms with Gasteiger partial charge in [0.05, 0.1) is 18.4 Å². The summed E-state index contributed by atoms with van der Waals surface area (Å²) in [5.74, 6) is -0.840. The van der Waals surface area contributed by atoms with Gasteiger partial charge < -0.3 is 5.11 Å². The molecule has 1 rings (SSSR count). The molecule has 1 aromatic carbocycles. The van der Waals surface area contributed by atoms with Crippen molar-refractivity contribution in [1.82, 2.24) is 4.90 Å². The third-order valence-electron chi connectivity index (χ3n) is 3.05. The number of nitrogens with zero attached hydrogens (tertiary/aromatic N) is 2. The number of hydrogen-bond donors (Lipinski definition) is 1. The summed E-state index contributed by atoms with van der Waals surface area (Å²) >= 11 is 0. The SMILES string of the molecule is CCN(Cc1ccccc1CC(=O)O)CC(C)C#N. The maximum absolute atomic E-state index is 10.8. The van der Waals surface area contributed by atoms with Crippen LogP contribution < -0.4 is 0 Å². The van der Waals surface area contributed by atoms with Crippen molar-refractivity contribution in [2.45, 2.75) is 26.8 Å². The van der Waals surface area contributed by atoms with Gasteiger partial charge in [0.1, 0.15) is 0 Å². The summed E-state index contributed by atoms with van der Waals surface area (Å²) in [4.78, 5) is 13.0. The number of nitriles is 1. The fourth-order valence-corrected chi connectivity index (χ4v) is 2.02. The smallest absolute Gasteiger partial charge is 0.307 e. The van der Waals surface area contributed by atoms with Gasteiger partial charge >= 0.3 is 5.97 Å². The molecule has 102 valence electrons. The summed E-state index contributed by atoms with van der Waals surface area (Å²) < 4.78 is 0. The topological polar surface area (TPSA) is 64.3 Å². The van der Waals surface area contributed by atoms with E-state index in [1.807, 2.05) is 38.1 Å². The van der Waals surface area contributed by atoms with Crippen molar-refractivity contribution in [3.8, 4) is 6.07 Å². The normalized spacial score (nSPS) is 12.1. The number of rotatable bonds is 7. The minimum absolute atomic E-state index is 0.0217. The summed E-state index contributed by atoms with van der Waals surface area (Å²) in [6.07, 6.45) is 0.0432. The quantitative estimate of drug-likeness (QED) is 0.817. The van der Waals surface area contributed by atoms with Gasteiger partial charge in [-0.2, -0.15) is 5.26 Å². The Morgan fingerprint density at radius 1 is 1.42 bits per heavy atom. The molecule has 0 saturated carbocycles. The highest BCUT2D eigenvalue weighted by Crippen LogP contribution is 2.13. The molecular weight excluding hydrogens is 240 g/mol. The van der Waals surface area contributed by atoms with Gasteiger partial charge in [-0.3, -0.25) is 9.69 Å². The molecule has 1 atom stereocenters. The molecule has 0 heterocycles. The van der Waals surface area contributed by atoms with E-state index in [1.54, 1.807) is 0 Å². The molecular formula is C15H20N2O2. The summed E-state index contributed by atoms with van der Waals surface area (Å²) in [5.41, 5.74) is 1.87. The molecule has 1 unspecified atom stereocenters. The third-order valence-corrected chi connectivity index (χ3v) is 3.05. The Bertz CT molecular complexity index is 465. The van der Waals surface area contributed by atoms with E-state index in [9.17, 15) is 4.79 Å². The van der Waals surface area contributed by atoms with Gasteiger partial charge in [-0.25, -0.2) is 0 Å². The fraction of sp³-hybridized carbons (Fsp3) is 0.467. The second-order valence-electron chi connectivity index (χ2n) is 4.70. The van der Waals surface area contributed by atoms with Crippen molar-refractivity contribution in [3.05, 3.63) is 35.4 Å². The first kappa shape index (κ1) is 15.2. The molecule has 1 N–H and O–H groups in total. The molecule has 0 saturated heterocycles. The highest BCUT2D eigenvalue weighted by atomic mass is 16.4. The lowest BCUT2D eigenvalue weighted by atomic mass is 10.0. The lowest BCUT2D eigenvalue weighted by Gasteiger charge is -2.22. The highest BCUT2D eigenvalue weighted by molar-refractivity contribution is 5.70. The largest absolute Gasteiger partial charge is 0.481 e. The summed E-state index contributed by atoms with van der Waals surface area (Å²) in [6, 6.07) is 9.81. The average Bonchev–Trinajstić information content (AvgIpc) is 2.39. The molecule has 0 aliphatic heterocycles. The highest BCUT2D eigenvalue weighted by Gasteiger charge is 2.12.